The summed E-state index contributed by atoms with van der Waals surface area (Å²) in [6.07, 6.45) is 21.4. The Balaban J connectivity index is 0. The second-order valence-electron chi connectivity index (χ2n) is 8.84. The molecule has 4 nitrogen and oxygen atoms in total. The van der Waals surface area contributed by atoms with Crippen LogP contribution < -0.4 is 5.11 Å². The Morgan fingerprint density at radius 2 is 0.966 bits per heavy atom. The smallest absolute Gasteiger partial charge is 0.0857 e. The summed E-state index contributed by atoms with van der Waals surface area (Å²) in [5.74, 6) is -1.18. The molecular weight excluding hydrogens is 362 g/mol. The van der Waals surface area contributed by atoms with E-state index in [1.807, 2.05) is 0 Å². The summed E-state index contributed by atoms with van der Waals surface area (Å²) in [7, 11) is 3.84. The van der Waals surface area contributed by atoms with Crippen molar-refractivity contribution in [3.63, 3.8) is 0 Å². The molecule has 176 valence electrons. The van der Waals surface area contributed by atoms with Gasteiger partial charge in [-0.05, 0) is 38.5 Å². The van der Waals surface area contributed by atoms with Crippen LogP contribution in [0, 0.1) is 0 Å². The Kier molecular flexibility index (Phi) is 25.0. The zero-order valence-corrected chi connectivity index (χ0v) is 20.6. The minimum absolute atomic E-state index is 0.319. The summed E-state index contributed by atoms with van der Waals surface area (Å²) in [4.78, 5) is 9.36. The number of carbonyl (C=O) groups is 1. The quantitative estimate of drug-likeness (QED) is 0.188. The van der Waals surface area contributed by atoms with Crippen molar-refractivity contribution < 1.29 is 19.1 Å². The molecule has 0 saturated heterocycles. The van der Waals surface area contributed by atoms with Crippen LogP contribution in [0.15, 0.2) is 0 Å². The topological polar surface area (TPSA) is 49.4 Å². The average molecular weight is 416 g/mol. The first-order valence-corrected chi connectivity index (χ1v) is 12.5. The van der Waals surface area contributed by atoms with Crippen LogP contribution in [0.25, 0.3) is 0 Å². The van der Waals surface area contributed by atoms with E-state index in [1.54, 1.807) is 0 Å². The van der Waals surface area contributed by atoms with Crippen LogP contribution in [-0.2, 0) is 9.53 Å². The first-order valence-electron chi connectivity index (χ1n) is 12.5. The summed E-state index contributed by atoms with van der Waals surface area (Å²) in [5.41, 5.74) is 0. The van der Waals surface area contributed by atoms with Gasteiger partial charge in [-0.3, -0.25) is 0 Å². The van der Waals surface area contributed by atoms with Gasteiger partial charge in [0.1, 0.15) is 0 Å². The maximum atomic E-state index is 9.36. The normalized spacial score (nSPS) is 11.2. The van der Waals surface area contributed by atoms with E-state index >= 15 is 0 Å². The number of hydrogen-bond donors (Lipinski definition) is 0. The number of methoxy groups -OCH3 is 1. The molecule has 0 aliphatic heterocycles. The number of carboxylic acid groups (broad SMARTS) is 1. The van der Waals surface area contributed by atoms with Crippen molar-refractivity contribution in [3.05, 3.63) is 0 Å². The predicted molar refractivity (Wildman–Crippen MR) is 124 cm³/mol. The number of unbranched alkanes of at least 4 members (excludes halogenated alkanes) is 12. The predicted octanol–water partition coefficient (Wildman–Crippen LogP) is 5.73. The SMILES string of the molecule is CCCCCCC[N+](C)(CCCCCCC)CCCCCCC.COCC(=O)[O-]. The van der Waals surface area contributed by atoms with Crippen molar-refractivity contribution in [3.8, 4) is 0 Å². The molecule has 0 atom stereocenters. The number of rotatable bonds is 20. The summed E-state index contributed by atoms with van der Waals surface area (Å²) in [5, 5.41) is 9.36. The van der Waals surface area contributed by atoms with Crippen LogP contribution >= 0.6 is 0 Å². The average Bonchev–Trinajstić information content (AvgIpc) is 2.68. The van der Waals surface area contributed by atoms with Crippen LogP contribution in [0.2, 0.25) is 0 Å². The number of nitrogens with zero attached hydrogens (tertiary/aromatic N) is 1. The molecule has 0 saturated carbocycles. The minimum atomic E-state index is -1.18. The zero-order chi connectivity index (χ0) is 22.2. The Morgan fingerprint density at radius 3 is 1.17 bits per heavy atom. The van der Waals surface area contributed by atoms with Crippen molar-refractivity contribution in [2.45, 2.75) is 117 Å². The van der Waals surface area contributed by atoms with Crippen molar-refractivity contribution in [2.75, 3.05) is 40.4 Å². The number of aliphatic carboxylic acids is 1. The van der Waals surface area contributed by atoms with E-state index in [-0.39, 0.29) is 6.61 Å². The van der Waals surface area contributed by atoms with Crippen LogP contribution in [0.3, 0.4) is 0 Å². The lowest BCUT2D eigenvalue weighted by Gasteiger charge is -2.35. The molecule has 0 radical (unpaired) electrons. The van der Waals surface area contributed by atoms with Gasteiger partial charge in [-0.1, -0.05) is 78.6 Å². The highest BCUT2D eigenvalue weighted by Crippen LogP contribution is 2.15. The zero-order valence-electron chi connectivity index (χ0n) is 20.6. The van der Waals surface area contributed by atoms with Gasteiger partial charge in [-0.15, -0.1) is 0 Å². The molecule has 0 heterocycles. The van der Waals surface area contributed by atoms with Gasteiger partial charge in [0.25, 0.3) is 0 Å². The summed E-state index contributed by atoms with van der Waals surface area (Å²) in [6.45, 7) is 10.9. The highest BCUT2D eigenvalue weighted by molar-refractivity contribution is 5.65. The first kappa shape index (κ1) is 30.6. The lowest BCUT2D eigenvalue weighted by atomic mass is 10.1. The van der Waals surface area contributed by atoms with Gasteiger partial charge < -0.3 is 19.1 Å². The molecule has 0 bridgehead atoms. The molecule has 0 spiro atoms. The third-order valence-electron chi connectivity index (χ3n) is 5.67. The summed E-state index contributed by atoms with van der Waals surface area (Å²) >= 11 is 0. The molecule has 0 aromatic heterocycles. The van der Waals surface area contributed by atoms with E-state index in [2.05, 4.69) is 32.6 Å². The number of hydrogen-bond acceptors (Lipinski definition) is 3. The molecule has 0 aromatic carbocycles. The lowest BCUT2D eigenvalue weighted by molar-refractivity contribution is -0.910. The molecule has 0 amide bonds. The Bertz CT molecular complexity index is 298. The highest BCUT2D eigenvalue weighted by Gasteiger charge is 2.19. The second-order valence-corrected chi connectivity index (χ2v) is 8.84. The fourth-order valence-electron chi connectivity index (χ4n) is 3.74. The second kappa shape index (κ2) is 23.7. The maximum Gasteiger partial charge on any atom is 0.0857 e. The van der Waals surface area contributed by atoms with Crippen molar-refractivity contribution in [2.24, 2.45) is 0 Å². The molecule has 0 aliphatic carbocycles. The van der Waals surface area contributed by atoms with Gasteiger partial charge in [-0.25, -0.2) is 0 Å². The molecule has 0 aliphatic rings. The molecule has 0 N–H and O–H groups in total. The largest absolute Gasteiger partial charge is 0.548 e. The fourth-order valence-corrected chi connectivity index (χ4v) is 3.74. The fraction of sp³-hybridized carbons (Fsp3) is 0.960. The maximum absolute atomic E-state index is 9.36. The Morgan fingerprint density at radius 1 is 0.655 bits per heavy atom. The third kappa shape index (κ3) is 25.4. The molecule has 4 heteroatoms. The van der Waals surface area contributed by atoms with E-state index in [0.717, 1.165) is 0 Å². The van der Waals surface area contributed by atoms with E-state index < -0.39 is 5.97 Å². The Labute approximate surface area is 183 Å². The lowest BCUT2D eigenvalue weighted by Crippen LogP contribution is -2.46. The minimum Gasteiger partial charge on any atom is -0.548 e. The van der Waals surface area contributed by atoms with E-state index in [4.69, 9.17) is 0 Å². The molecule has 0 fully saturated rings. The van der Waals surface area contributed by atoms with Crippen molar-refractivity contribution in [1.29, 1.82) is 0 Å². The third-order valence-corrected chi connectivity index (χ3v) is 5.67. The van der Waals surface area contributed by atoms with Gasteiger partial charge in [0.15, 0.2) is 0 Å². The van der Waals surface area contributed by atoms with Gasteiger partial charge in [0.2, 0.25) is 0 Å². The van der Waals surface area contributed by atoms with E-state index in [9.17, 15) is 9.90 Å². The van der Waals surface area contributed by atoms with Gasteiger partial charge in [0, 0.05) is 7.11 Å². The standard InChI is InChI=1S/C22H48N.C3H6O3/c1-5-8-11-14-17-20-23(4,21-18-15-12-9-6-2)22-19-16-13-10-7-3;1-6-2-3(4)5/h5-22H2,1-4H3;2H2,1H3,(H,4,5)/q+1;/p-1. The van der Waals surface area contributed by atoms with Crippen LogP contribution in [0.5, 0.6) is 0 Å². The van der Waals surface area contributed by atoms with Gasteiger partial charge in [0.05, 0.1) is 39.3 Å². The number of carbonyl (C=O) groups excluding carboxylic acids is 1. The Hall–Kier alpha value is -0.610. The van der Waals surface area contributed by atoms with Gasteiger partial charge >= 0.3 is 0 Å². The number of carboxylic acids is 1. The molecule has 0 unspecified atom stereocenters. The summed E-state index contributed by atoms with van der Waals surface area (Å²) in [6, 6.07) is 0. The van der Waals surface area contributed by atoms with E-state index in [1.165, 1.54) is 128 Å². The highest BCUT2D eigenvalue weighted by atomic mass is 16.5. The van der Waals surface area contributed by atoms with Crippen LogP contribution in [0.1, 0.15) is 117 Å². The van der Waals surface area contributed by atoms with Crippen molar-refractivity contribution in [1.82, 2.24) is 0 Å². The van der Waals surface area contributed by atoms with E-state index in [0.29, 0.717) is 0 Å². The molecule has 0 rings (SSSR count). The monoisotopic (exact) mass is 415 g/mol. The number of ether oxygens (including phenoxy) is 1. The molecule has 29 heavy (non-hydrogen) atoms. The van der Waals surface area contributed by atoms with Crippen molar-refractivity contribution >= 4 is 5.97 Å². The van der Waals surface area contributed by atoms with Crippen LogP contribution in [0.4, 0.5) is 0 Å². The number of quaternary nitrogens is 1. The molecular formula is C25H53NO3. The van der Waals surface area contributed by atoms with Crippen LogP contribution in [-0.4, -0.2) is 50.9 Å². The molecule has 0 aromatic rings. The summed E-state index contributed by atoms with van der Waals surface area (Å²) < 4.78 is 5.49. The van der Waals surface area contributed by atoms with Gasteiger partial charge in [-0.2, -0.15) is 0 Å². The first-order chi connectivity index (χ1) is 14.0.